The van der Waals surface area contributed by atoms with Crippen molar-refractivity contribution in [2.45, 2.75) is 20.3 Å². The molecule has 0 heterocycles. The van der Waals surface area contributed by atoms with E-state index >= 15 is 0 Å². The first kappa shape index (κ1) is 8.03. The van der Waals surface area contributed by atoms with Crippen LogP contribution in [0.3, 0.4) is 0 Å². The monoisotopic (exact) mass is 132 g/mol. The van der Waals surface area contributed by atoms with Crippen molar-refractivity contribution in [3.05, 3.63) is 12.2 Å². The summed E-state index contributed by atoms with van der Waals surface area (Å²) in [5.41, 5.74) is 0. The van der Waals surface area contributed by atoms with Crippen molar-refractivity contribution in [1.82, 2.24) is 0 Å². The number of hydrogen-bond acceptors (Lipinski definition) is 0. The molecule has 0 aliphatic rings. The summed E-state index contributed by atoms with van der Waals surface area (Å²) < 4.78 is 0. The van der Waals surface area contributed by atoms with E-state index in [0.29, 0.717) is 5.92 Å². The first-order valence-corrected chi connectivity index (χ1v) is 3.53. The molecule has 8 heavy (non-hydrogen) atoms. The predicted octanol–water partition coefficient (Wildman–Crippen LogP) is 2.83. The van der Waals surface area contributed by atoms with Gasteiger partial charge in [0.1, 0.15) is 0 Å². The molecule has 0 saturated carbocycles. The van der Waals surface area contributed by atoms with Crippen LogP contribution >= 0.6 is 11.6 Å². The van der Waals surface area contributed by atoms with Crippen LogP contribution < -0.4 is 0 Å². The molecule has 1 heteroatoms. The molecule has 0 rings (SSSR count). The molecule has 0 fully saturated rings. The predicted molar refractivity (Wildman–Crippen MR) is 39.3 cm³/mol. The highest BCUT2D eigenvalue weighted by molar-refractivity contribution is 6.17. The highest BCUT2D eigenvalue weighted by Crippen LogP contribution is 1.95. The van der Waals surface area contributed by atoms with Crippen LogP contribution in [0.1, 0.15) is 20.3 Å². The zero-order valence-electron chi connectivity index (χ0n) is 5.52. The standard InChI is InChI=1S/C7H13Cl/c1-7(2)5-3-4-6-8/h3,5,7H,4,6H2,1-2H3. The molecule has 0 radical (unpaired) electrons. The smallest absolute Gasteiger partial charge is 0.0258 e. The first-order chi connectivity index (χ1) is 3.77. The Labute approximate surface area is 56.5 Å². The zero-order valence-corrected chi connectivity index (χ0v) is 6.28. The maximum atomic E-state index is 5.43. The largest absolute Gasteiger partial charge is 0.126 e. The third kappa shape index (κ3) is 6.03. The van der Waals surface area contributed by atoms with Gasteiger partial charge in [-0.2, -0.15) is 0 Å². The topological polar surface area (TPSA) is 0 Å². The maximum Gasteiger partial charge on any atom is 0.0258 e. The van der Waals surface area contributed by atoms with Crippen molar-refractivity contribution in [1.29, 1.82) is 0 Å². The van der Waals surface area contributed by atoms with Crippen molar-refractivity contribution < 1.29 is 0 Å². The fourth-order valence-corrected chi connectivity index (χ4v) is 0.557. The molecule has 0 aliphatic carbocycles. The Hall–Kier alpha value is 0.0300. The Balaban J connectivity index is 3.07. The van der Waals surface area contributed by atoms with Gasteiger partial charge in [-0.15, -0.1) is 11.6 Å². The summed E-state index contributed by atoms with van der Waals surface area (Å²) in [4.78, 5) is 0. The Morgan fingerprint density at radius 3 is 2.50 bits per heavy atom. The zero-order chi connectivity index (χ0) is 6.41. The molecule has 0 aromatic heterocycles. The fraction of sp³-hybridized carbons (Fsp3) is 0.714. The average molecular weight is 133 g/mol. The lowest BCUT2D eigenvalue weighted by Crippen LogP contribution is -1.76. The van der Waals surface area contributed by atoms with Gasteiger partial charge in [-0.1, -0.05) is 26.0 Å². The van der Waals surface area contributed by atoms with Crippen LogP contribution in [0, 0.1) is 5.92 Å². The van der Waals surface area contributed by atoms with E-state index in [1.807, 2.05) is 0 Å². The molecular weight excluding hydrogens is 120 g/mol. The van der Waals surface area contributed by atoms with Crippen molar-refractivity contribution in [3.8, 4) is 0 Å². The highest BCUT2D eigenvalue weighted by Gasteiger charge is 1.80. The van der Waals surface area contributed by atoms with Gasteiger partial charge < -0.3 is 0 Å². The fourth-order valence-electron chi connectivity index (χ4n) is 0.431. The van der Waals surface area contributed by atoms with Crippen molar-refractivity contribution >= 4 is 11.6 Å². The SMILES string of the molecule is CC(C)C=CCCCl. The second kappa shape index (κ2) is 5.17. The van der Waals surface area contributed by atoms with E-state index in [0.717, 1.165) is 12.3 Å². The van der Waals surface area contributed by atoms with E-state index in [1.54, 1.807) is 0 Å². The molecular formula is C7H13Cl. The summed E-state index contributed by atoms with van der Waals surface area (Å²) in [6.45, 7) is 4.31. The van der Waals surface area contributed by atoms with Crippen molar-refractivity contribution in [3.63, 3.8) is 0 Å². The van der Waals surface area contributed by atoms with Gasteiger partial charge in [-0.25, -0.2) is 0 Å². The quantitative estimate of drug-likeness (QED) is 0.409. The van der Waals surface area contributed by atoms with Gasteiger partial charge in [-0.3, -0.25) is 0 Å². The van der Waals surface area contributed by atoms with Crippen LogP contribution in [0.4, 0.5) is 0 Å². The molecule has 0 N–H and O–H groups in total. The molecule has 0 nitrogen and oxygen atoms in total. The van der Waals surface area contributed by atoms with E-state index in [-0.39, 0.29) is 0 Å². The normalized spacial score (nSPS) is 11.5. The van der Waals surface area contributed by atoms with E-state index in [9.17, 15) is 0 Å². The summed E-state index contributed by atoms with van der Waals surface area (Å²) in [7, 11) is 0. The number of alkyl halides is 1. The summed E-state index contributed by atoms with van der Waals surface area (Å²) in [6, 6.07) is 0. The van der Waals surface area contributed by atoms with Gasteiger partial charge in [0.15, 0.2) is 0 Å². The van der Waals surface area contributed by atoms with Gasteiger partial charge in [0.25, 0.3) is 0 Å². The van der Waals surface area contributed by atoms with Crippen molar-refractivity contribution in [2.75, 3.05) is 5.88 Å². The summed E-state index contributed by atoms with van der Waals surface area (Å²) in [5.74, 6) is 1.40. The minimum absolute atomic E-state index is 0.665. The van der Waals surface area contributed by atoms with Crippen LogP contribution in [0.2, 0.25) is 0 Å². The first-order valence-electron chi connectivity index (χ1n) is 3.00. The summed E-state index contributed by atoms with van der Waals surface area (Å²) >= 11 is 5.43. The second-order valence-electron chi connectivity index (χ2n) is 2.15. The average Bonchev–Trinajstić information content (AvgIpc) is 1.66. The van der Waals surface area contributed by atoms with E-state index in [1.165, 1.54) is 0 Å². The van der Waals surface area contributed by atoms with E-state index in [2.05, 4.69) is 26.0 Å². The lowest BCUT2D eigenvalue weighted by atomic mass is 10.2. The van der Waals surface area contributed by atoms with E-state index < -0.39 is 0 Å². The Bertz CT molecular complexity index is 64.8. The lowest BCUT2D eigenvalue weighted by molar-refractivity contribution is 0.826. The number of allylic oxidation sites excluding steroid dienone is 2. The van der Waals surface area contributed by atoms with Gasteiger partial charge in [0, 0.05) is 5.88 Å². The minimum atomic E-state index is 0.665. The molecule has 48 valence electrons. The Kier molecular flexibility index (Phi) is 5.19. The summed E-state index contributed by atoms with van der Waals surface area (Å²) in [6.07, 6.45) is 5.29. The van der Waals surface area contributed by atoms with Crippen molar-refractivity contribution in [2.24, 2.45) is 5.92 Å². The van der Waals surface area contributed by atoms with Crippen LogP contribution in [0.5, 0.6) is 0 Å². The molecule has 0 spiro atoms. The second-order valence-corrected chi connectivity index (χ2v) is 2.53. The van der Waals surface area contributed by atoms with Gasteiger partial charge in [0.05, 0.1) is 0 Å². The molecule has 0 aromatic rings. The molecule has 0 saturated heterocycles. The van der Waals surface area contributed by atoms with Gasteiger partial charge in [-0.05, 0) is 12.3 Å². The maximum absolute atomic E-state index is 5.43. The Morgan fingerprint density at radius 2 is 2.12 bits per heavy atom. The third-order valence-electron chi connectivity index (χ3n) is 0.797. The van der Waals surface area contributed by atoms with Gasteiger partial charge in [0.2, 0.25) is 0 Å². The van der Waals surface area contributed by atoms with Crippen LogP contribution in [-0.2, 0) is 0 Å². The molecule has 0 unspecified atom stereocenters. The summed E-state index contributed by atoms with van der Waals surface area (Å²) in [5, 5.41) is 0. The molecule has 0 aromatic carbocycles. The third-order valence-corrected chi connectivity index (χ3v) is 1.01. The van der Waals surface area contributed by atoms with Gasteiger partial charge >= 0.3 is 0 Å². The van der Waals surface area contributed by atoms with Crippen LogP contribution in [-0.4, -0.2) is 5.88 Å². The molecule has 0 atom stereocenters. The number of rotatable bonds is 3. The highest BCUT2D eigenvalue weighted by atomic mass is 35.5. The Morgan fingerprint density at radius 1 is 1.50 bits per heavy atom. The number of hydrogen-bond donors (Lipinski definition) is 0. The molecule has 0 bridgehead atoms. The molecule has 0 amide bonds. The number of halogens is 1. The lowest BCUT2D eigenvalue weighted by Gasteiger charge is -1.90. The van der Waals surface area contributed by atoms with E-state index in [4.69, 9.17) is 11.6 Å². The van der Waals surface area contributed by atoms with Crippen LogP contribution in [0.15, 0.2) is 12.2 Å². The molecule has 0 aliphatic heterocycles. The van der Waals surface area contributed by atoms with Crippen LogP contribution in [0.25, 0.3) is 0 Å². The minimum Gasteiger partial charge on any atom is -0.126 e.